The van der Waals surface area contributed by atoms with E-state index in [2.05, 4.69) is 55.2 Å². The van der Waals surface area contributed by atoms with Gasteiger partial charge in [-0.1, -0.05) is 42.8 Å². The van der Waals surface area contributed by atoms with Gasteiger partial charge in [-0.15, -0.1) is 0 Å². The largest absolute Gasteiger partial charge is 0.327 e. The molecule has 0 aliphatic heterocycles. The number of hydrogen-bond donors (Lipinski definition) is 1. The van der Waals surface area contributed by atoms with Gasteiger partial charge in [0, 0.05) is 24.4 Å². The van der Waals surface area contributed by atoms with E-state index < -0.39 is 0 Å². The Balaban J connectivity index is 1.92. The van der Waals surface area contributed by atoms with Gasteiger partial charge in [0.25, 0.3) is 0 Å². The summed E-state index contributed by atoms with van der Waals surface area (Å²) in [5, 5.41) is 0. The van der Waals surface area contributed by atoms with Crippen molar-refractivity contribution >= 4 is 0 Å². The van der Waals surface area contributed by atoms with E-state index in [1.165, 1.54) is 16.7 Å². The summed E-state index contributed by atoms with van der Waals surface area (Å²) >= 11 is 0. The van der Waals surface area contributed by atoms with Gasteiger partial charge in [-0.3, -0.25) is 4.98 Å². The van der Waals surface area contributed by atoms with Gasteiger partial charge in [0.1, 0.15) is 0 Å². The smallest absolute Gasteiger partial charge is 0.0419 e. The van der Waals surface area contributed by atoms with Crippen LogP contribution < -0.4 is 5.73 Å². The van der Waals surface area contributed by atoms with E-state index in [4.69, 9.17) is 5.73 Å². The van der Waals surface area contributed by atoms with Crippen LogP contribution in [0.5, 0.6) is 0 Å². The summed E-state index contributed by atoms with van der Waals surface area (Å²) in [5.74, 6) is 0. The molecule has 1 atom stereocenters. The summed E-state index contributed by atoms with van der Waals surface area (Å²) in [7, 11) is 0. The van der Waals surface area contributed by atoms with E-state index in [0.717, 1.165) is 25.0 Å². The molecule has 2 rings (SSSR count). The first-order valence-electron chi connectivity index (χ1n) is 6.92. The lowest BCUT2D eigenvalue weighted by molar-refractivity contribution is 0.653. The zero-order valence-electron chi connectivity index (χ0n) is 11.8. The van der Waals surface area contributed by atoms with E-state index in [1.807, 2.05) is 6.20 Å². The molecule has 100 valence electrons. The van der Waals surface area contributed by atoms with Crippen molar-refractivity contribution in [1.82, 2.24) is 4.98 Å². The van der Waals surface area contributed by atoms with Crippen LogP contribution in [0.4, 0.5) is 0 Å². The van der Waals surface area contributed by atoms with Crippen molar-refractivity contribution in [2.45, 2.75) is 39.2 Å². The zero-order valence-corrected chi connectivity index (χ0v) is 11.8. The van der Waals surface area contributed by atoms with Crippen molar-refractivity contribution in [3.8, 4) is 0 Å². The van der Waals surface area contributed by atoms with Crippen molar-refractivity contribution < 1.29 is 0 Å². The molecule has 0 saturated heterocycles. The monoisotopic (exact) mass is 254 g/mol. The Kier molecular flexibility index (Phi) is 4.69. The summed E-state index contributed by atoms with van der Waals surface area (Å²) in [4.78, 5) is 4.47. The Hall–Kier alpha value is -1.67. The van der Waals surface area contributed by atoms with E-state index in [9.17, 15) is 0 Å². The molecule has 0 amide bonds. The number of pyridine rings is 1. The van der Waals surface area contributed by atoms with Gasteiger partial charge in [-0.25, -0.2) is 0 Å². The molecule has 0 fully saturated rings. The first kappa shape index (κ1) is 13.8. The lowest BCUT2D eigenvalue weighted by Crippen LogP contribution is -2.25. The second-order valence-electron chi connectivity index (χ2n) is 5.17. The highest BCUT2D eigenvalue weighted by Gasteiger charge is 2.06. The molecule has 2 nitrogen and oxygen atoms in total. The highest BCUT2D eigenvalue weighted by Crippen LogP contribution is 2.09. The summed E-state index contributed by atoms with van der Waals surface area (Å²) in [6.45, 7) is 4.24. The van der Waals surface area contributed by atoms with Gasteiger partial charge >= 0.3 is 0 Å². The topological polar surface area (TPSA) is 38.9 Å². The molecular formula is C17H22N2. The molecule has 0 spiro atoms. The van der Waals surface area contributed by atoms with E-state index in [0.29, 0.717) is 0 Å². The maximum Gasteiger partial charge on any atom is 0.0419 e. The zero-order chi connectivity index (χ0) is 13.7. The Labute approximate surface area is 115 Å². The van der Waals surface area contributed by atoms with Crippen LogP contribution in [0.15, 0.2) is 42.6 Å². The van der Waals surface area contributed by atoms with Crippen molar-refractivity contribution in [3.63, 3.8) is 0 Å². The molecule has 0 aliphatic rings. The predicted octanol–water partition coefficient (Wildman–Crippen LogP) is 3.06. The number of hydrogen-bond acceptors (Lipinski definition) is 2. The Morgan fingerprint density at radius 3 is 2.26 bits per heavy atom. The third-order valence-electron chi connectivity index (χ3n) is 3.38. The second kappa shape index (κ2) is 6.48. The fraction of sp³-hybridized carbons (Fsp3) is 0.353. The normalized spacial score (nSPS) is 12.4. The van der Waals surface area contributed by atoms with Crippen LogP contribution >= 0.6 is 0 Å². The minimum atomic E-state index is 0.127. The fourth-order valence-corrected chi connectivity index (χ4v) is 2.15. The van der Waals surface area contributed by atoms with Crippen LogP contribution in [0, 0.1) is 6.92 Å². The molecule has 2 N–H and O–H groups in total. The summed E-state index contributed by atoms with van der Waals surface area (Å²) in [5.41, 5.74) is 11.1. The van der Waals surface area contributed by atoms with Gasteiger partial charge in [-0.05, 0) is 37.0 Å². The number of benzene rings is 1. The van der Waals surface area contributed by atoms with Gasteiger partial charge < -0.3 is 5.73 Å². The van der Waals surface area contributed by atoms with Crippen molar-refractivity contribution in [3.05, 3.63) is 65.0 Å². The van der Waals surface area contributed by atoms with Crippen molar-refractivity contribution in [2.24, 2.45) is 5.73 Å². The Morgan fingerprint density at radius 2 is 1.68 bits per heavy atom. The standard InChI is InChI=1S/C17H22N2/c1-3-14-8-9-17(19-12-14)11-16(18)10-15-6-4-13(2)5-7-15/h4-9,12,16H,3,10-11,18H2,1-2H3. The average molecular weight is 254 g/mol. The number of aromatic nitrogens is 1. The molecule has 19 heavy (non-hydrogen) atoms. The minimum absolute atomic E-state index is 0.127. The molecule has 1 aromatic heterocycles. The van der Waals surface area contributed by atoms with Gasteiger partial charge in [0.15, 0.2) is 0 Å². The molecule has 0 radical (unpaired) electrons. The molecule has 1 heterocycles. The van der Waals surface area contributed by atoms with Crippen LogP contribution in [-0.4, -0.2) is 11.0 Å². The van der Waals surface area contributed by atoms with E-state index in [1.54, 1.807) is 0 Å². The maximum atomic E-state index is 6.21. The first-order chi connectivity index (χ1) is 9.17. The van der Waals surface area contributed by atoms with Crippen LogP contribution in [0.3, 0.4) is 0 Å². The highest BCUT2D eigenvalue weighted by atomic mass is 14.7. The molecule has 0 saturated carbocycles. The molecule has 2 aromatic rings. The van der Waals surface area contributed by atoms with Crippen molar-refractivity contribution in [2.75, 3.05) is 0 Å². The van der Waals surface area contributed by atoms with Crippen LogP contribution in [0.2, 0.25) is 0 Å². The Bertz CT molecular complexity index is 500. The van der Waals surface area contributed by atoms with Gasteiger partial charge in [0.2, 0.25) is 0 Å². The number of rotatable bonds is 5. The number of nitrogens with two attached hydrogens (primary N) is 1. The van der Waals surface area contributed by atoms with Gasteiger partial charge in [-0.2, -0.15) is 0 Å². The molecule has 0 bridgehead atoms. The summed E-state index contributed by atoms with van der Waals surface area (Å²) < 4.78 is 0. The molecule has 1 unspecified atom stereocenters. The quantitative estimate of drug-likeness (QED) is 0.890. The highest BCUT2D eigenvalue weighted by molar-refractivity contribution is 5.22. The van der Waals surface area contributed by atoms with Crippen molar-refractivity contribution in [1.29, 1.82) is 0 Å². The predicted molar refractivity (Wildman–Crippen MR) is 80.2 cm³/mol. The summed E-state index contributed by atoms with van der Waals surface area (Å²) in [6.07, 6.45) is 4.71. The third kappa shape index (κ3) is 4.18. The Morgan fingerprint density at radius 1 is 1.00 bits per heavy atom. The average Bonchev–Trinajstić information content (AvgIpc) is 2.42. The third-order valence-corrected chi connectivity index (χ3v) is 3.38. The van der Waals surface area contributed by atoms with E-state index >= 15 is 0 Å². The second-order valence-corrected chi connectivity index (χ2v) is 5.17. The van der Waals surface area contributed by atoms with Crippen LogP contribution in [0.25, 0.3) is 0 Å². The SMILES string of the molecule is CCc1ccc(CC(N)Cc2ccc(C)cc2)nc1. The molecule has 1 aromatic carbocycles. The minimum Gasteiger partial charge on any atom is -0.327 e. The lowest BCUT2D eigenvalue weighted by atomic mass is 10.0. The number of aryl methyl sites for hydroxylation is 2. The molecule has 2 heteroatoms. The number of nitrogens with zero attached hydrogens (tertiary/aromatic N) is 1. The summed E-state index contributed by atoms with van der Waals surface area (Å²) in [6, 6.07) is 12.9. The fourth-order valence-electron chi connectivity index (χ4n) is 2.15. The molecule has 0 aliphatic carbocycles. The van der Waals surface area contributed by atoms with Crippen LogP contribution in [-0.2, 0) is 19.3 Å². The van der Waals surface area contributed by atoms with Gasteiger partial charge in [0.05, 0.1) is 0 Å². The maximum absolute atomic E-state index is 6.21. The van der Waals surface area contributed by atoms with E-state index in [-0.39, 0.29) is 6.04 Å². The van der Waals surface area contributed by atoms with Crippen LogP contribution in [0.1, 0.15) is 29.3 Å². The molecular weight excluding hydrogens is 232 g/mol. The first-order valence-corrected chi connectivity index (χ1v) is 6.92. The lowest BCUT2D eigenvalue weighted by Gasteiger charge is -2.11.